The zero-order chi connectivity index (χ0) is 11.4. The first kappa shape index (κ1) is 10.6. The highest BCUT2D eigenvalue weighted by Gasteiger charge is 2.12. The quantitative estimate of drug-likeness (QED) is 0.705. The molecule has 2 nitrogen and oxygen atoms in total. The molecule has 0 saturated heterocycles. The zero-order valence-corrected chi connectivity index (χ0v) is 9.09. The van der Waals surface area contributed by atoms with Crippen LogP contribution in [0.15, 0.2) is 66.2 Å². The molecule has 0 N–H and O–H groups in total. The molecule has 0 spiro atoms. The van der Waals surface area contributed by atoms with Crippen LogP contribution in [0, 0.1) is 0 Å². The van der Waals surface area contributed by atoms with Crippen molar-refractivity contribution in [1.29, 1.82) is 0 Å². The molecule has 82 valence electrons. The summed E-state index contributed by atoms with van der Waals surface area (Å²) in [5.74, 6) is 0.825. The zero-order valence-electron chi connectivity index (χ0n) is 9.09. The van der Waals surface area contributed by atoms with E-state index in [4.69, 9.17) is 4.74 Å². The van der Waals surface area contributed by atoms with Crippen molar-refractivity contribution in [2.45, 2.75) is 5.92 Å². The summed E-state index contributed by atoms with van der Waals surface area (Å²) in [5.41, 5.74) is 1.79. The first-order valence-corrected chi connectivity index (χ1v) is 5.16. The van der Waals surface area contributed by atoms with Crippen LogP contribution in [-0.4, -0.2) is 7.11 Å². The first-order valence-electron chi connectivity index (χ1n) is 5.16. The molecular formula is C14H13O2-. The van der Waals surface area contributed by atoms with Crippen molar-refractivity contribution in [2.75, 3.05) is 7.11 Å². The van der Waals surface area contributed by atoms with E-state index in [9.17, 15) is 5.11 Å². The molecule has 2 heteroatoms. The number of hydrogen-bond donors (Lipinski definition) is 0. The summed E-state index contributed by atoms with van der Waals surface area (Å²) in [7, 11) is 1.58. The molecule has 0 saturated carbocycles. The molecule has 0 fully saturated rings. The lowest BCUT2D eigenvalue weighted by Crippen LogP contribution is -2.04. The molecule has 0 bridgehead atoms. The van der Waals surface area contributed by atoms with Gasteiger partial charge in [-0.1, -0.05) is 42.5 Å². The van der Waals surface area contributed by atoms with Gasteiger partial charge in [0.05, 0.1) is 7.11 Å². The Balaban J connectivity index is 2.31. The summed E-state index contributed by atoms with van der Waals surface area (Å²) in [6.45, 7) is 0. The molecule has 0 amide bonds. The lowest BCUT2D eigenvalue weighted by Gasteiger charge is -2.18. The van der Waals surface area contributed by atoms with Gasteiger partial charge in [-0.05, 0) is 11.6 Å². The van der Waals surface area contributed by atoms with E-state index in [0.29, 0.717) is 11.3 Å². The fourth-order valence-electron chi connectivity index (χ4n) is 1.77. The molecule has 1 atom stereocenters. The molecule has 2 rings (SSSR count). The van der Waals surface area contributed by atoms with Gasteiger partial charge in [0.1, 0.15) is 5.76 Å². The number of hydrogen-bond acceptors (Lipinski definition) is 2. The van der Waals surface area contributed by atoms with Crippen molar-refractivity contribution in [1.82, 2.24) is 0 Å². The van der Waals surface area contributed by atoms with Gasteiger partial charge in [0.25, 0.3) is 0 Å². The second kappa shape index (κ2) is 4.71. The normalized spacial score (nSPS) is 21.9. The Labute approximate surface area is 95.2 Å². The van der Waals surface area contributed by atoms with Gasteiger partial charge in [-0.15, -0.1) is 6.26 Å². The van der Waals surface area contributed by atoms with Crippen molar-refractivity contribution in [3.05, 3.63) is 71.7 Å². The Hall–Kier alpha value is -1.96. The number of rotatable bonds is 2. The second-order valence-corrected chi connectivity index (χ2v) is 3.60. The van der Waals surface area contributed by atoms with Crippen molar-refractivity contribution in [3.8, 4) is 0 Å². The van der Waals surface area contributed by atoms with Gasteiger partial charge < -0.3 is 9.84 Å². The van der Waals surface area contributed by atoms with E-state index in [1.54, 1.807) is 7.11 Å². The summed E-state index contributed by atoms with van der Waals surface area (Å²) >= 11 is 0. The fraction of sp³-hybridized carbons (Fsp3) is 0.143. The molecule has 0 aromatic heterocycles. The maximum atomic E-state index is 10.8. The van der Waals surface area contributed by atoms with Crippen molar-refractivity contribution >= 4 is 0 Å². The van der Waals surface area contributed by atoms with E-state index in [1.807, 2.05) is 36.4 Å². The lowest BCUT2D eigenvalue weighted by atomic mass is 9.92. The summed E-state index contributed by atoms with van der Waals surface area (Å²) < 4.78 is 5.19. The van der Waals surface area contributed by atoms with Crippen LogP contribution >= 0.6 is 0 Å². The average Bonchev–Trinajstić information content (AvgIpc) is 2.39. The second-order valence-electron chi connectivity index (χ2n) is 3.60. The minimum Gasteiger partial charge on any atom is -0.877 e. The minimum absolute atomic E-state index is 0.180. The summed E-state index contributed by atoms with van der Waals surface area (Å²) in [6.07, 6.45) is 6.58. The Morgan fingerprint density at radius 3 is 2.62 bits per heavy atom. The first-order chi connectivity index (χ1) is 7.85. The number of methoxy groups -OCH3 is 1. The highest BCUT2D eigenvalue weighted by Crippen LogP contribution is 2.28. The van der Waals surface area contributed by atoms with Crippen molar-refractivity contribution in [2.24, 2.45) is 0 Å². The standard InChI is InChI=1S/C14H14O2/c1-16-14-9-12(7-8-13(14)10-15)11-5-3-2-4-6-11/h2-10,12,15H,1H3/p-1/b13-10-/t12-/m0/s1. The van der Waals surface area contributed by atoms with Crippen LogP contribution in [0.25, 0.3) is 0 Å². The highest BCUT2D eigenvalue weighted by molar-refractivity contribution is 5.44. The molecule has 1 aromatic rings. The van der Waals surface area contributed by atoms with Crippen LogP contribution in [0.2, 0.25) is 0 Å². The third-order valence-corrected chi connectivity index (χ3v) is 2.63. The smallest absolute Gasteiger partial charge is 0.121 e. The molecule has 0 aliphatic heterocycles. The lowest BCUT2D eigenvalue weighted by molar-refractivity contribution is -0.275. The van der Waals surface area contributed by atoms with Gasteiger partial charge in [0, 0.05) is 11.5 Å². The van der Waals surface area contributed by atoms with E-state index in [0.717, 1.165) is 6.26 Å². The maximum Gasteiger partial charge on any atom is 0.121 e. The van der Waals surface area contributed by atoms with Gasteiger partial charge in [0.15, 0.2) is 0 Å². The molecule has 1 aliphatic carbocycles. The Bertz CT molecular complexity index is 441. The van der Waals surface area contributed by atoms with Gasteiger partial charge in [-0.3, -0.25) is 0 Å². The van der Waals surface area contributed by atoms with Crippen LogP contribution in [-0.2, 0) is 4.74 Å². The molecule has 0 unspecified atom stereocenters. The average molecular weight is 213 g/mol. The van der Waals surface area contributed by atoms with Crippen LogP contribution in [0.4, 0.5) is 0 Å². The van der Waals surface area contributed by atoms with Crippen molar-refractivity contribution in [3.63, 3.8) is 0 Å². The molecule has 0 heterocycles. The molecule has 16 heavy (non-hydrogen) atoms. The SMILES string of the molecule is COC1=C[C@@H](c2ccccc2)C=C/C1=C/[O-]. The van der Waals surface area contributed by atoms with E-state index in [-0.39, 0.29) is 5.92 Å². The van der Waals surface area contributed by atoms with Crippen LogP contribution in [0.5, 0.6) is 0 Å². The Kier molecular flexibility index (Phi) is 3.10. The monoisotopic (exact) mass is 213 g/mol. The topological polar surface area (TPSA) is 32.3 Å². The molecular weight excluding hydrogens is 200 g/mol. The number of benzene rings is 1. The van der Waals surface area contributed by atoms with Crippen LogP contribution in [0.1, 0.15) is 11.5 Å². The fourth-order valence-corrected chi connectivity index (χ4v) is 1.77. The predicted octanol–water partition coefficient (Wildman–Crippen LogP) is 2.11. The van der Waals surface area contributed by atoms with Crippen molar-refractivity contribution < 1.29 is 9.84 Å². The molecule has 0 radical (unpaired) electrons. The minimum atomic E-state index is 0.180. The van der Waals surface area contributed by atoms with Crippen LogP contribution < -0.4 is 5.11 Å². The van der Waals surface area contributed by atoms with E-state index < -0.39 is 0 Å². The van der Waals surface area contributed by atoms with Gasteiger partial charge >= 0.3 is 0 Å². The summed E-state index contributed by atoms with van der Waals surface area (Å²) in [4.78, 5) is 0. The number of ether oxygens (including phenoxy) is 1. The predicted molar refractivity (Wildman–Crippen MR) is 61.5 cm³/mol. The Morgan fingerprint density at radius 2 is 2.00 bits per heavy atom. The highest BCUT2D eigenvalue weighted by atomic mass is 16.5. The maximum absolute atomic E-state index is 10.8. The summed E-state index contributed by atoms with van der Waals surface area (Å²) in [6, 6.07) is 10.1. The third-order valence-electron chi connectivity index (χ3n) is 2.63. The van der Waals surface area contributed by atoms with Gasteiger partial charge in [-0.25, -0.2) is 0 Å². The third kappa shape index (κ3) is 2.01. The molecule has 1 aromatic carbocycles. The molecule has 1 aliphatic rings. The van der Waals surface area contributed by atoms with E-state index in [2.05, 4.69) is 12.1 Å². The largest absolute Gasteiger partial charge is 0.877 e. The van der Waals surface area contributed by atoms with Crippen LogP contribution in [0.3, 0.4) is 0 Å². The van der Waals surface area contributed by atoms with E-state index >= 15 is 0 Å². The Morgan fingerprint density at radius 1 is 1.25 bits per heavy atom. The van der Waals surface area contributed by atoms with Gasteiger partial charge in [0.2, 0.25) is 0 Å². The summed E-state index contributed by atoms with van der Waals surface area (Å²) in [5, 5.41) is 10.8. The number of allylic oxidation sites excluding steroid dienone is 3. The van der Waals surface area contributed by atoms with E-state index in [1.165, 1.54) is 5.56 Å². The van der Waals surface area contributed by atoms with Gasteiger partial charge in [-0.2, -0.15) is 0 Å².